The first kappa shape index (κ1) is 11.9. The predicted molar refractivity (Wildman–Crippen MR) is 69.1 cm³/mol. The number of anilines is 1. The maximum absolute atomic E-state index is 9.34. The van der Waals surface area contributed by atoms with Gasteiger partial charge in [0, 0.05) is 17.8 Å². The molecule has 0 saturated carbocycles. The Kier molecular flexibility index (Phi) is 3.31. The van der Waals surface area contributed by atoms with E-state index in [2.05, 4.69) is 0 Å². The second-order valence-corrected chi connectivity index (χ2v) is 4.22. The maximum atomic E-state index is 9.34. The molecule has 0 radical (unpaired) electrons. The van der Waals surface area contributed by atoms with Crippen LogP contribution in [0.2, 0.25) is 10.0 Å². The standard InChI is InChI=1S/C12H9Cl2NO2/c13-9-6-12(10(14)5-11(9)16)17-8-3-1-7(15)2-4-8/h1-6,16H,15H2. The fourth-order valence-corrected chi connectivity index (χ4v) is 1.61. The largest absolute Gasteiger partial charge is 0.506 e. The maximum Gasteiger partial charge on any atom is 0.147 e. The molecule has 17 heavy (non-hydrogen) atoms. The second-order valence-electron chi connectivity index (χ2n) is 3.41. The van der Waals surface area contributed by atoms with E-state index >= 15 is 0 Å². The highest BCUT2D eigenvalue weighted by atomic mass is 35.5. The lowest BCUT2D eigenvalue weighted by Gasteiger charge is -2.09. The summed E-state index contributed by atoms with van der Waals surface area (Å²) >= 11 is 11.7. The van der Waals surface area contributed by atoms with E-state index in [0.717, 1.165) is 0 Å². The highest BCUT2D eigenvalue weighted by Gasteiger charge is 2.08. The number of benzene rings is 2. The van der Waals surface area contributed by atoms with Crippen LogP contribution in [0, 0.1) is 0 Å². The van der Waals surface area contributed by atoms with E-state index in [1.807, 2.05) is 0 Å². The molecule has 0 heterocycles. The molecule has 0 fully saturated rings. The van der Waals surface area contributed by atoms with Gasteiger partial charge in [0.1, 0.15) is 17.2 Å². The molecule has 88 valence electrons. The Morgan fingerprint density at radius 2 is 1.65 bits per heavy atom. The molecule has 0 aliphatic carbocycles. The van der Waals surface area contributed by atoms with E-state index in [-0.39, 0.29) is 15.8 Å². The number of ether oxygens (including phenoxy) is 1. The molecule has 0 saturated heterocycles. The van der Waals surface area contributed by atoms with Gasteiger partial charge in [0.25, 0.3) is 0 Å². The predicted octanol–water partition coefficient (Wildman–Crippen LogP) is 4.07. The molecule has 0 aliphatic rings. The Morgan fingerprint density at radius 3 is 2.29 bits per heavy atom. The van der Waals surface area contributed by atoms with Crippen molar-refractivity contribution in [2.24, 2.45) is 0 Å². The molecule has 0 aromatic heterocycles. The van der Waals surface area contributed by atoms with E-state index in [4.69, 9.17) is 33.7 Å². The normalized spacial score (nSPS) is 10.2. The summed E-state index contributed by atoms with van der Waals surface area (Å²) in [6.07, 6.45) is 0. The zero-order valence-corrected chi connectivity index (χ0v) is 10.2. The summed E-state index contributed by atoms with van der Waals surface area (Å²) < 4.78 is 5.52. The van der Waals surface area contributed by atoms with Crippen molar-refractivity contribution in [3.05, 3.63) is 46.4 Å². The number of halogens is 2. The number of hydrogen-bond donors (Lipinski definition) is 2. The van der Waals surface area contributed by atoms with Gasteiger partial charge in [0.2, 0.25) is 0 Å². The van der Waals surface area contributed by atoms with Gasteiger partial charge in [-0.25, -0.2) is 0 Å². The quantitative estimate of drug-likeness (QED) is 0.808. The molecule has 0 aliphatic heterocycles. The lowest BCUT2D eigenvalue weighted by atomic mass is 10.3. The molecule has 0 spiro atoms. The average molecular weight is 270 g/mol. The summed E-state index contributed by atoms with van der Waals surface area (Å²) in [6, 6.07) is 9.64. The first-order valence-corrected chi connectivity index (χ1v) is 5.53. The van der Waals surface area contributed by atoms with Crippen LogP contribution in [0.4, 0.5) is 5.69 Å². The third-order valence-electron chi connectivity index (χ3n) is 2.11. The Labute approximate surface area is 108 Å². The van der Waals surface area contributed by atoms with E-state index in [9.17, 15) is 5.11 Å². The SMILES string of the molecule is Nc1ccc(Oc2cc(Cl)c(O)cc2Cl)cc1. The molecular weight excluding hydrogens is 261 g/mol. The van der Waals surface area contributed by atoms with Crippen molar-refractivity contribution in [3.8, 4) is 17.2 Å². The minimum absolute atomic E-state index is 0.0821. The lowest BCUT2D eigenvalue weighted by Crippen LogP contribution is -1.87. The number of aromatic hydroxyl groups is 1. The molecule has 3 nitrogen and oxygen atoms in total. The summed E-state index contributed by atoms with van der Waals surface area (Å²) in [4.78, 5) is 0. The summed E-state index contributed by atoms with van der Waals surface area (Å²) in [5, 5.41) is 9.80. The van der Waals surface area contributed by atoms with Crippen LogP contribution in [0.1, 0.15) is 0 Å². The van der Waals surface area contributed by atoms with Gasteiger partial charge < -0.3 is 15.6 Å². The van der Waals surface area contributed by atoms with Gasteiger partial charge in [0.15, 0.2) is 0 Å². The monoisotopic (exact) mass is 269 g/mol. The molecule has 2 aromatic rings. The zero-order chi connectivity index (χ0) is 12.4. The number of phenols is 1. The number of phenolic OH excluding ortho intramolecular Hbond substituents is 1. The minimum atomic E-state index is -0.0821. The number of nitrogen functional groups attached to an aromatic ring is 1. The molecule has 0 amide bonds. The molecule has 3 N–H and O–H groups in total. The van der Waals surface area contributed by atoms with Crippen LogP contribution in [0.25, 0.3) is 0 Å². The molecule has 0 bridgehead atoms. The van der Waals surface area contributed by atoms with Crippen molar-refractivity contribution in [1.82, 2.24) is 0 Å². The van der Waals surface area contributed by atoms with E-state index in [1.54, 1.807) is 24.3 Å². The van der Waals surface area contributed by atoms with Crippen LogP contribution in [-0.4, -0.2) is 5.11 Å². The highest BCUT2D eigenvalue weighted by Crippen LogP contribution is 2.37. The molecule has 2 aromatic carbocycles. The fourth-order valence-electron chi connectivity index (χ4n) is 1.26. The van der Waals surface area contributed by atoms with Crippen molar-refractivity contribution in [3.63, 3.8) is 0 Å². The van der Waals surface area contributed by atoms with Crippen LogP contribution < -0.4 is 10.5 Å². The molecule has 0 atom stereocenters. The first-order valence-electron chi connectivity index (χ1n) is 4.77. The van der Waals surface area contributed by atoms with Crippen molar-refractivity contribution in [1.29, 1.82) is 0 Å². The lowest BCUT2D eigenvalue weighted by molar-refractivity contribution is 0.465. The van der Waals surface area contributed by atoms with E-state index < -0.39 is 0 Å². The molecular formula is C12H9Cl2NO2. The van der Waals surface area contributed by atoms with Crippen molar-refractivity contribution in [2.45, 2.75) is 0 Å². The summed E-state index contributed by atoms with van der Waals surface area (Å²) in [6.45, 7) is 0. The topological polar surface area (TPSA) is 55.5 Å². The summed E-state index contributed by atoms with van der Waals surface area (Å²) in [5.41, 5.74) is 6.20. The van der Waals surface area contributed by atoms with Crippen LogP contribution in [0.15, 0.2) is 36.4 Å². The third kappa shape index (κ3) is 2.75. The Balaban J connectivity index is 2.30. The van der Waals surface area contributed by atoms with E-state index in [0.29, 0.717) is 17.2 Å². The van der Waals surface area contributed by atoms with Gasteiger partial charge in [0.05, 0.1) is 10.0 Å². The van der Waals surface area contributed by atoms with Crippen LogP contribution in [-0.2, 0) is 0 Å². The number of hydrogen-bond acceptors (Lipinski definition) is 3. The van der Waals surface area contributed by atoms with Gasteiger partial charge in [-0.15, -0.1) is 0 Å². The molecule has 2 rings (SSSR count). The minimum Gasteiger partial charge on any atom is -0.506 e. The number of nitrogens with two attached hydrogens (primary N) is 1. The smallest absolute Gasteiger partial charge is 0.147 e. The van der Waals surface area contributed by atoms with Crippen molar-refractivity contribution < 1.29 is 9.84 Å². The fraction of sp³-hybridized carbons (Fsp3) is 0. The average Bonchev–Trinajstić information content (AvgIpc) is 2.29. The van der Waals surface area contributed by atoms with Crippen molar-refractivity contribution in [2.75, 3.05) is 5.73 Å². The molecule has 5 heteroatoms. The summed E-state index contributed by atoms with van der Waals surface area (Å²) in [7, 11) is 0. The van der Waals surface area contributed by atoms with Gasteiger partial charge in [-0.3, -0.25) is 0 Å². The summed E-state index contributed by atoms with van der Waals surface area (Å²) in [5.74, 6) is 0.878. The van der Waals surface area contributed by atoms with Crippen LogP contribution in [0.3, 0.4) is 0 Å². The Hall–Kier alpha value is -1.58. The number of rotatable bonds is 2. The Bertz CT molecular complexity index is 541. The third-order valence-corrected chi connectivity index (χ3v) is 2.71. The Morgan fingerprint density at radius 1 is 1.00 bits per heavy atom. The van der Waals surface area contributed by atoms with Crippen LogP contribution >= 0.6 is 23.2 Å². The van der Waals surface area contributed by atoms with Gasteiger partial charge >= 0.3 is 0 Å². The van der Waals surface area contributed by atoms with Gasteiger partial charge in [-0.05, 0) is 24.3 Å². The highest BCUT2D eigenvalue weighted by molar-refractivity contribution is 6.35. The second kappa shape index (κ2) is 4.73. The van der Waals surface area contributed by atoms with Gasteiger partial charge in [-0.1, -0.05) is 23.2 Å². The zero-order valence-electron chi connectivity index (χ0n) is 8.65. The van der Waals surface area contributed by atoms with Crippen LogP contribution in [0.5, 0.6) is 17.2 Å². The molecule has 0 unspecified atom stereocenters. The van der Waals surface area contributed by atoms with E-state index in [1.165, 1.54) is 12.1 Å². The first-order chi connectivity index (χ1) is 8.06. The van der Waals surface area contributed by atoms with Crippen molar-refractivity contribution >= 4 is 28.9 Å². The van der Waals surface area contributed by atoms with Gasteiger partial charge in [-0.2, -0.15) is 0 Å².